The molecule has 1 aromatic rings. The predicted molar refractivity (Wildman–Crippen MR) is 63.3 cm³/mol. The van der Waals surface area contributed by atoms with Crippen molar-refractivity contribution < 1.29 is 10.2 Å². The summed E-state index contributed by atoms with van der Waals surface area (Å²) in [4.78, 5) is 2.22. The lowest BCUT2D eigenvalue weighted by Crippen LogP contribution is -2.31. The van der Waals surface area contributed by atoms with Crippen molar-refractivity contribution in [1.29, 1.82) is 0 Å². The Hall–Kier alpha value is -1.32. The van der Waals surface area contributed by atoms with Crippen molar-refractivity contribution in [1.82, 2.24) is 4.90 Å². The Labute approximate surface area is 95.6 Å². The smallest absolute Gasteiger partial charge is 0.115 e. The number of rotatable bonds is 3. The van der Waals surface area contributed by atoms with Crippen molar-refractivity contribution in [3.8, 4) is 5.75 Å². The summed E-state index contributed by atoms with van der Waals surface area (Å²) in [5.74, 6) is 0.233. The Balaban J connectivity index is 1.94. The second-order valence-corrected chi connectivity index (χ2v) is 4.13. The molecule has 86 valence electrons. The molecule has 0 bridgehead atoms. The number of phenols is 1. The molecule has 1 aliphatic rings. The summed E-state index contributed by atoms with van der Waals surface area (Å²) in [7, 11) is 0. The van der Waals surface area contributed by atoms with Gasteiger partial charge in [0.1, 0.15) is 5.75 Å². The van der Waals surface area contributed by atoms with Crippen LogP contribution in [0.5, 0.6) is 5.75 Å². The minimum atomic E-state index is -0.480. The van der Waals surface area contributed by atoms with Gasteiger partial charge in [0.25, 0.3) is 0 Å². The highest BCUT2D eigenvalue weighted by atomic mass is 16.3. The minimum absolute atomic E-state index is 0.233. The molecule has 16 heavy (non-hydrogen) atoms. The Morgan fingerprint density at radius 2 is 1.94 bits per heavy atom. The van der Waals surface area contributed by atoms with E-state index in [1.807, 2.05) is 0 Å². The van der Waals surface area contributed by atoms with Gasteiger partial charge in [-0.2, -0.15) is 0 Å². The molecule has 0 saturated carbocycles. The molecule has 0 spiro atoms. The van der Waals surface area contributed by atoms with Crippen LogP contribution >= 0.6 is 0 Å². The number of hydrogen-bond donors (Lipinski definition) is 2. The highest BCUT2D eigenvalue weighted by Gasteiger charge is 2.13. The maximum Gasteiger partial charge on any atom is 0.115 e. The summed E-state index contributed by atoms with van der Waals surface area (Å²) < 4.78 is 0. The number of aliphatic hydroxyl groups is 1. The molecule has 1 unspecified atom stereocenters. The minimum Gasteiger partial charge on any atom is -0.508 e. The fourth-order valence-corrected chi connectivity index (χ4v) is 1.90. The molecule has 1 atom stereocenters. The molecule has 3 nitrogen and oxygen atoms in total. The fraction of sp³-hybridized carbons (Fsp3) is 0.385. The summed E-state index contributed by atoms with van der Waals surface area (Å²) in [5, 5.41) is 19.2. The zero-order valence-electron chi connectivity index (χ0n) is 9.21. The Morgan fingerprint density at radius 1 is 1.19 bits per heavy atom. The van der Waals surface area contributed by atoms with E-state index in [9.17, 15) is 5.11 Å². The molecule has 1 heterocycles. The Bertz CT molecular complexity index is 359. The first-order valence-electron chi connectivity index (χ1n) is 5.60. The third kappa shape index (κ3) is 2.84. The number of hydrogen-bond acceptors (Lipinski definition) is 3. The van der Waals surface area contributed by atoms with Gasteiger partial charge in [0.05, 0.1) is 6.10 Å². The summed E-state index contributed by atoms with van der Waals surface area (Å²) in [6.45, 7) is 2.57. The van der Waals surface area contributed by atoms with Crippen LogP contribution in [0.4, 0.5) is 0 Å². The molecule has 0 aromatic heterocycles. The van der Waals surface area contributed by atoms with Gasteiger partial charge in [-0.25, -0.2) is 0 Å². The number of aromatic hydroxyl groups is 1. The van der Waals surface area contributed by atoms with Gasteiger partial charge in [0.15, 0.2) is 0 Å². The quantitative estimate of drug-likeness (QED) is 0.760. The van der Waals surface area contributed by atoms with Gasteiger partial charge in [-0.15, -0.1) is 0 Å². The van der Waals surface area contributed by atoms with Crippen LogP contribution in [0.15, 0.2) is 36.4 Å². The maximum atomic E-state index is 10.0. The molecule has 2 N–H and O–H groups in total. The molecule has 2 rings (SSSR count). The number of aliphatic hydroxyl groups excluding tert-OH is 1. The average Bonchev–Trinajstić information content (AvgIpc) is 2.31. The van der Waals surface area contributed by atoms with E-state index in [1.165, 1.54) is 0 Å². The second-order valence-electron chi connectivity index (χ2n) is 4.13. The Morgan fingerprint density at radius 3 is 2.56 bits per heavy atom. The number of β-amino-alcohol motifs (C(OH)–C–C–N with tert-alkyl or cyclic N) is 1. The fourth-order valence-electron chi connectivity index (χ4n) is 1.90. The lowest BCUT2D eigenvalue weighted by Gasteiger charge is -2.25. The zero-order valence-corrected chi connectivity index (χ0v) is 9.21. The van der Waals surface area contributed by atoms with E-state index < -0.39 is 6.10 Å². The number of benzene rings is 1. The van der Waals surface area contributed by atoms with Crippen molar-refractivity contribution >= 4 is 0 Å². The van der Waals surface area contributed by atoms with E-state index in [0.29, 0.717) is 6.54 Å². The van der Waals surface area contributed by atoms with Gasteiger partial charge < -0.3 is 10.2 Å². The number of nitrogens with zero attached hydrogens (tertiary/aromatic N) is 1. The van der Waals surface area contributed by atoms with Gasteiger partial charge >= 0.3 is 0 Å². The van der Waals surface area contributed by atoms with Crippen LogP contribution in [0.3, 0.4) is 0 Å². The zero-order chi connectivity index (χ0) is 11.4. The van der Waals surface area contributed by atoms with E-state index in [0.717, 1.165) is 25.1 Å². The monoisotopic (exact) mass is 219 g/mol. The highest BCUT2D eigenvalue weighted by Crippen LogP contribution is 2.18. The van der Waals surface area contributed by atoms with Crippen molar-refractivity contribution in [3.05, 3.63) is 42.0 Å². The standard InChI is InChI=1S/C13H17NO2/c15-12-6-4-11(5-7-12)13(16)10-14-8-2-1-3-9-14/h1-2,4-7,13,15-16H,3,8-10H2. The largest absolute Gasteiger partial charge is 0.508 e. The molecule has 0 fully saturated rings. The maximum absolute atomic E-state index is 10.0. The molecule has 1 aromatic carbocycles. The molecule has 1 aliphatic heterocycles. The molecular weight excluding hydrogens is 202 g/mol. The first-order valence-corrected chi connectivity index (χ1v) is 5.60. The van der Waals surface area contributed by atoms with E-state index in [1.54, 1.807) is 24.3 Å². The van der Waals surface area contributed by atoms with E-state index >= 15 is 0 Å². The summed E-state index contributed by atoms with van der Waals surface area (Å²) in [5.41, 5.74) is 0.854. The lowest BCUT2D eigenvalue weighted by atomic mass is 10.1. The summed E-state index contributed by atoms with van der Waals surface area (Å²) in [6.07, 6.45) is 4.88. The van der Waals surface area contributed by atoms with Gasteiger partial charge in [0.2, 0.25) is 0 Å². The predicted octanol–water partition coefficient (Wildman–Crippen LogP) is 1.69. The molecule has 0 saturated heterocycles. The van der Waals surface area contributed by atoms with Crippen LogP contribution in [-0.2, 0) is 0 Å². The lowest BCUT2D eigenvalue weighted by molar-refractivity contribution is 0.118. The number of phenolic OH excluding ortho intramolecular Hbond substituents is 1. The van der Waals surface area contributed by atoms with Crippen LogP contribution < -0.4 is 0 Å². The molecule has 0 amide bonds. The van der Waals surface area contributed by atoms with Crippen LogP contribution in [-0.4, -0.2) is 34.7 Å². The topological polar surface area (TPSA) is 43.7 Å². The van der Waals surface area contributed by atoms with Crippen molar-refractivity contribution in [2.45, 2.75) is 12.5 Å². The summed E-state index contributed by atoms with van der Waals surface area (Å²) >= 11 is 0. The van der Waals surface area contributed by atoms with Crippen molar-refractivity contribution in [3.63, 3.8) is 0 Å². The highest BCUT2D eigenvalue weighted by molar-refractivity contribution is 5.27. The van der Waals surface area contributed by atoms with Crippen LogP contribution in [0.25, 0.3) is 0 Å². The third-order valence-electron chi connectivity index (χ3n) is 2.85. The van der Waals surface area contributed by atoms with Gasteiger partial charge in [-0.05, 0) is 24.1 Å². The van der Waals surface area contributed by atoms with Crippen LogP contribution in [0, 0.1) is 0 Å². The van der Waals surface area contributed by atoms with E-state index in [2.05, 4.69) is 17.1 Å². The molecule has 0 radical (unpaired) electrons. The van der Waals surface area contributed by atoms with Gasteiger partial charge in [-0.3, -0.25) is 4.90 Å². The first kappa shape index (κ1) is 11.2. The van der Waals surface area contributed by atoms with Gasteiger partial charge in [0, 0.05) is 19.6 Å². The molecular formula is C13H17NO2. The molecule has 3 heteroatoms. The van der Waals surface area contributed by atoms with Crippen LogP contribution in [0.2, 0.25) is 0 Å². The average molecular weight is 219 g/mol. The van der Waals surface area contributed by atoms with E-state index in [4.69, 9.17) is 5.11 Å². The third-order valence-corrected chi connectivity index (χ3v) is 2.85. The second kappa shape index (κ2) is 5.14. The SMILES string of the molecule is Oc1ccc(C(O)CN2CC=CCC2)cc1. The normalized spacial score (nSPS) is 18.6. The van der Waals surface area contributed by atoms with Gasteiger partial charge in [-0.1, -0.05) is 24.3 Å². The van der Waals surface area contributed by atoms with Crippen LogP contribution in [0.1, 0.15) is 18.1 Å². The van der Waals surface area contributed by atoms with Crippen molar-refractivity contribution in [2.75, 3.05) is 19.6 Å². The van der Waals surface area contributed by atoms with Crippen molar-refractivity contribution in [2.24, 2.45) is 0 Å². The molecule has 0 aliphatic carbocycles. The summed E-state index contributed by atoms with van der Waals surface area (Å²) in [6, 6.07) is 6.74. The van der Waals surface area contributed by atoms with E-state index in [-0.39, 0.29) is 5.75 Å². The first-order chi connectivity index (χ1) is 7.75. The Kier molecular flexibility index (Phi) is 3.59.